The SMILES string of the molecule is CCc1nc(Nc2ccc(OCc3cccc(F)c3)c(Cl)c2)c2c(n1)sc1cc(OC(CC)(C(=O)O)C(=O)O)ccc12.O=C(O)C(F)(F)F. The molecule has 0 radical (unpaired) electrons. The molecule has 0 saturated carbocycles. The molecule has 0 amide bonds. The zero-order valence-electron chi connectivity index (χ0n) is 25.5. The predicted octanol–water partition coefficient (Wildman–Crippen LogP) is 7.85. The van der Waals surface area contributed by atoms with Crippen molar-refractivity contribution < 1.29 is 56.7 Å². The summed E-state index contributed by atoms with van der Waals surface area (Å²) >= 11 is 7.86. The van der Waals surface area contributed by atoms with Crippen molar-refractivity contribution in [2.75, 3.05) is 5.32 Å². The standard InChI is InChI=1S/C30H25ClFN3O6S.C2HF3O2/c1-3-24-34-26(33-18-8-11-22(21(31)13-18)40-15-16-6-5-7-17(32)12-16)25-20-10-9-19(14-23(20)42-27(25)35-24)41-30(4-2,28(36)37)29(38)39;3-2(4,5)1(6)7/h5-14H,3-4,15H2,1-2H3,(H,36,37)(H,38,39)(H,33,34,35);(H,6,7). The number of halogens is 5. The van der Waals surface area contributed by atoms with Crippen molar-refractivity contribution in [2.45, 2.75) is 45.1 Å². The van der Waals surface area contributed by atoms with Crippen LogP contribution in [0.15, 0.2) is 60.7 Å². The van der Waals surface area contributed by atoms with E-state index in [1.807, 2.05) is 6.92 Å². The van der Waals surface area contributed by atoms with Gasteiger partial charge in [0, 0.05) is 28.6 Å². The fourth-order valence-corrected chi connectivity index (χ4v) is 5.74. The average molecular weight is 724 g/mol. The number of hydrogen-bond acceptors (Lipinski definition) is 9. The van der Waals surface area contributed by atoms with Crippen LogP contribution in [0.25, 0.3) is 20.3 Å². The van der Waals surface area contributed by atoms with E-state index in [0.29, 0.717) is 49.6 Å². The van der Waals surface area contributed by atoms with Crippen molar-refractivity contribution >= 4 is 72.7 Å². The van der Waals surface area contributed by atoms with Gasteiger partial charge < -0.3 is 30.1 Å². The van der Waals surface area contributed by atoms with Crippen molar-refractivity contribution in [1.82, 2.24) is 9.97 Å². The molecule has 0 bridgehead atoms. The molecule has 11 nitrogen and oxygen atoms in total. The summed E-state index contributed by atoms with van der Waals surface area (Å²) in [5.41, 5.74) is -1.08. The smallest absolute Gasteiger partial charge is 0.487 e. The predicted molar refractivity (Wildman–Crippen MR) is 172 cm³/mol. The molecule has 5 rings (SSSR count). The Balaban J connectivity index is 0.000000698. The topological polar surface area (TPSA) is 168 Å². The maximum atomic E-state index is 13.5. The highest BCUT2D eigenvalue weighted by Crippen LogP contribution is 2.40. The van der Waals surface area contributed by atoms with Gasteiger partial charge in [-0.15, -0.1) is 11.3 Å². The molecule has 0 fully saturated rings. The molecule has 5 aromatic rings. The maximum absolute atomic E-state index is 13.5. The summed E-state index contributed by atoms with van der Waals surface area (Å²) in [5, 5.41) is 31.5. The zero-order valence-corrected chi connectivity index (χ0v) is 27.0. The second kappa shape index (κ2) is 14.9. The Labute approximate surface area is 283 Å². The maximum Gasteiger partial charge on any atom is 0.490 e. The van der Waals surface area contributed by atoms with E-state index >= 15 is 0 Å². The summed E-state index contributed by atoms with van der Waals surface area (Å²) in [5.74, 6) is -4.56. The van der Waals surface area contributed by atoms with Crippen LogP contribution in [-0.2, 0) is 27.4 Å². The van der Waals surface area contributed by atoms with Gasteiger partial charge in [-0.3, -0.25) is 0 Å². The normalized spacial score (nSPS) is 11.5. The minimum Gasteiger partial charge on any atom is -0.487 e. The average Bonchev–Trinajstić information content (AvgIpc) is 3.40. The van der Waals surface area contributed by atoms with Gasteiger partial charge in [0.1, 0.15) is 40.4 Å². The summed E-state index contributed by atoms with van der Waals surface area (Å²) in [7, 11) is 0. The van der Waals surface area contributed by atoms with Gasteiger partial charge in [0.05, 0.1) is 10.4 Å². The molecule has 2 aromatic heterocycles. The fourth-order valence-electron chi connectivity index (χ4n) is 4.39. The van der Waals surface area contributed by atoms with E-state index in [9.17, 15) is 37.4 Å². The molecular weight excluding hydrogens is 698 g/mol. The van der Waals surface area contributed by atoms with Crippen LogP contribution in [0.2, 0.25) is 5.02 Å². The van der Waals surface area contributed by atoms with Gasteiger partial charge in [-0.05, 0) is 54.1 Å². The zero-order chi connectivity index (χ0) is 36.1. The van der Waals surface area contributed by atoms with Crippen LogP contribution in [0, 0.1) is 5.82 Å². The van der Waals surface area contributed by atoms with Crippen LogP contribution in [0.5, 0.6) is 11.5 Å². The molecule has 0 atom stereocenters. The number of carbonyl (C=O) groups is 3. The second-order valence-corrected chi connectivity index (χ2v) is 11.6. The fraction of sp³-hybridized carbons (Fsp3) is 0.219. The number of ether oxygens (including phenoxy) is 2. The minimum atomic E-state index is -5.08. The van der Waals surface area contributed by atoms with E-state index in [2.05, 4.69) is 10.3 Å². The molecule has 258 valence electrons. The lowest BCUT2D eigenvalue weighted by Gasteiger charge is -2.24. The molecule has 0 spiro atoms. The van der Waals surface area contributed by atoms with Crippen molar-refractivity contribution in [3.63, 3.8) is 0 Å². The molecule has 0 aliphatic rings. The summed E-state index contributed by atoms with van der Waals surface area (Å²) in [6, 6.07) is 16.2. The number of thiophene rings is 1. The van der Waals surface area contributed by atoms with Crippen LogP contribution < -0.4 is 14.8 Å². The number of carboxylic acids is 3. The Morgan fingerprint density at radius 2 is 1.63 bits per heavy atom. The first kappa shape index (κ1) is 36.6. The molecule has 4 N–H and O–H groups in total. The Morgan fingerprint density at radius 1 is 0.939 bits per heavy atom. The molecule has 0 unspecified atom stereocenters. The first-order valence-corrected chi connectivity index (χ1v) is 15.4. The summed E-state index contributed by atoms with van der Waals surface area (Å²) in [4.78, 5) is 42.5. The Hall–Kier alpha value is -5.22. The third kappa shape index (κ3) is 8.45. The first-order valence-electron chi connectivity index (χ1n) is 14.2. The summed E-state index contributed by atoms with van der Waals surface area (Å²) in [6.07, 6.45) is -4.77. The number of aliphatic carboxylic acids is 3. The van der Waals surface area contributed by atoms with E-state index in [0.717, 1.165) is 10.8 Å². The number of rotatable bonds is 11. The number of nitrogens with one attached hydrogen (secondary N) is 1. The van der Waals surface area contributed by atoms with Crippen molar-refractivity contribution in [1.29, 1.82) is 0 Å². The van der Waals surface area contributed by atoms with E-state index < -0.39 is 29.7 Å². The van der Waals surface area contributed by atoms with Gasteiger partial charge >= 0.3 is 24.1 Å². The Bertz CT molecular complexity index is 2030. The van der Waals surface area contributed by atoms with Crippen LogP contribution >= 0.6 is 22.9 Å². The van der Waals surface area contributed by atoms with Crippen molar-refractivity contribution in [2.24, 2.45) is 0 Å². The number of benzene rings is 3. The molecular formula is C32H26ClF4N3O8S. The lowest BCUT2D eigenvalue weighted by molar-refractivity contribution is -0.192. The molecule has 0 aliphatic heterocycles. The highest BCUT2D eigenvalue weighted by molar-refractivity contribution is 7.25. The van der Waals surface area contributed by atoms with Gasteiger partial charge in [-0.2, -0.15) is 13.2 Å². The van der Waals surface area contributed by atoms with Crippen LogP contribution in [0.4, 0.5) is 29.1 Å². The third-order valence-electron chi connectivity index (χ3n) is 6.87. The summed E-state index contributed by atoms with van der Waals surface area (Å²) in [6.45, 7) is 3.53. The van der Waals surface area contributed by atoms with Crippen LogP contribution in [0.1, 0.15) is 31.7 Å². The quantitative estimate of drug-likeness (QED) is 0.0774. The second-order valence-electron chi connectivity index (χ2n) is 10.2. The first-order chi connectivity index (χ1) is 23.1. The lowest BCUT2D eigenvalue weighted by Crippen LogP contribution is -2.51. The van der Waals surface area contributed by atoms with E-state index in [1.165, 1.54) is 36.5 Å². The highest BCUT2D eigenvalue weighted by Gasteiger charge is 2.48. The molecule has 2 heterocycles. The number of fused-ring (bicyclic) bond motifs is 3. The highest BCUT2D eigenvalue weighted by atomic mass is 35.5. The van der Waals surface area contributed by atoms with Crippen molar-refractivity contribution in [3.05, 3.63) is 82.9 Å². The molecule has 17 heteroatoms. The monoisotopic (exact) mass is 723 g/mol. The van der Waals surface area contributed by atoms with Gasteiger partial charge in [-0.25, -0.2) is 28.7 Å². The van der Waals surface area contributed by atoms with Gasteiger partial charge in [0.15, 0.2) is 0 Å². The number of nitrogens with zero attached hydrogens (tertiary/aromatic N) is 2. The van der Waals surface area contributed by atoms with Gasteiger partial charge in [-0.1, -0.05) is 37.6 Å². The van der Waals surface area contributed by atoms with Gasteiger partial charge in [0.25, 0.3) is 5.60 Å². The number of hydrogen-bond donors (Lipinski definition) is 4. The molecule has 0 aliphatic carbocycles. The number of aryl methyl sites for hydroxylation is 1. The molecule has 49 heavy (non-hydrogen) atoms. The van der Waals surface area contributed by atoms with Crippen LogP contribution in [0.3, 0.4) is 0 Å². The van der Waals surface area contributed by atoms with E-state index in [-0.39, 0.29) is 24.6 Å². The molecule has 0 saturated heterocycles. The van der Waals surface area contributed by atoms with Crippen LogP contribution in [-0.4, -0.2) is 55.0 Å². The molecule has 3 aromatic carbocycles. The number of carboxylic acid groups (broad SMARTS) is 3. The summed E-state index contributed by atoms with van der Waals surface area (Å²) < 4.78 is 57.3. The van der Waals surface area contributed by atoms with Gasteiger partial charge in [0.2, 0.25) is 0 Å². The van der Waals surface area contributed by atoms with Crippen molar-refractivity contribution in [3.8, 4) is 11.5 Å². The number of anilines is 2. The number of aromatic nitrogens is 2. The largest absolute Gasteiger partial charge is 0.490 e. The minimum absolute atomic E-state index is 0.111. The number of alkyl halides is 3. The third-order valence-corrected chi connectivity index (χ3v) is 8.21. The van der Waals surface area contributed by atoms with E-state index in [1.54, 1.807) is 42.5 Å². The van der Waals surface area contributed by atoms with E-state index in [4.69, 9.17) is 36.0 Å². The Kier molecular flexibility index (Phi) is 11.1. The Morgan fingerprint density at radius 3 is 2.20 bits per heavy atom. The lowest BCUT2D eigenvalue weighted by atomic mass is 10.0.